The minimum absolute atomic E-state index is 0.207. The van der Waals surface area contributed by atoms with Crippen LogP contribution in [0.2, 0.25) is 0 Å². The summed E-state index contributed by atoms with van der Waals surface area (Å²) in [7, 11) is 0. The molecule has 1 N–H and O–H groups in total. The number of aryl methyl sites for hydroxylation is 1. The van der Waals surface area contributed by atoms with Crippen molar-refractivity contribution in [2.75, 3.05) is 5.32 Å². The largest absolute Gasteiger partial charge is 0.319 e. The van der Waals surface area contributed by atoms with Gasteiger partial charge in [0, 0.05) is 4.90 Å². The molecule has 18 heavy (non-hydrogen) atoms. The van der Waals surface area contributed by atoms with Crippen molar-refractivity contribution in [2.45, 2.75) is 11.8 Å². The normalized spacial score (nSPS) is 10.2. The Balaban J connectivity index is 2.30. The summed E-state index contributed by atoms with van der Waals surface area (Å²) < 4.78 is 13.6. The fourth-order valence-electron chi connectivity index (χ4n) is 1.64. The number of hydrogen-bond donors (Lipinski definition) is 2. The predicted molar refractivity (Wildman–Crippen MR) is 72.8 cm³/mol. The summed E-state index contributed by atoms with van der Waals surface area (Å²) in [5.74, 6) is -0.811. The second kappa shape index (κ2) is 5.23. The summed E-state index contributed by atoms with van der Waals surface area (Å²) in [5.41, 5.74) is 1.31. The van der Waals surface area contributed by atoms with Crippen LogP contribution in [-0.2, 0) is 0 Å². The molecule has 0 unspecified atom stereocenters. The second-order valence-electron chi connectivity index (χ2n) is 3.90. The van der Waals surface area contributed by atoms with Gasteiger partial charge in [0.2, 0.25) is 0 Å². The molecule has 0 aromatic heterocycles. The number of rotatable bonds is 2. The van der Waals surface area contributed by atoms with Crippen LogP contribution in [-0.4, -0.2) is 5.91 Å². The Morgan fingerprint density at radius 3 is 2.56 bits per heavy atom. The smallest absolute Gasteiger partial charge is 0.256 e. The van der Waals surface area contributed by atoms with E-state index in [9.17, 15) is 9.18 Å². The molecular weight excluding hydrogens is 249 g/mol. The third kappa shape index (κ3) is 2.54. The van der Waals surface area contributed by atoms with E-state index in [-0.39, 0.29) is 11.6 Å². The van der Waals surface area contributed by atoms with Crippen LogP contribution in [0.3, 0.4) is 0 Å². The van der Waals surface area contributed by atoms with Gasteiger partial charge in [0.15, 0.2) is 0 Å². The first-order chi connectivity index (χ1) is 8.59. The highest BCUT2D eigenvalue weighted by Gasteiger charge is 2.12. The van der Waals surface area contributed by atoms with Crippen LogP contribution in [0.25, 0.3) is 0 Å². The molecule has 92 valence electrons. The molecule has 2 aromatic carbocycles. The maximum absolute atomic E-state index is 13.6. The zero-order chi connectivity index (χ0) is 13.1. The van der Waals surface area contributed by atoms with Gasteiger partial charge in [0.25, 0.3) is 5.91 Å². The van der Waals surface area contributed by atoms with Gasteiger partial charge in [-0.05, 0) is 30.7 Å². The van der Waals surface area contributed by atoms with Crippen LogP contribution >= 0.6 is 12.6 Å². The van der Waals surface area contributed by atoms with Gasteiger partial charge >= 0.3 is 0 Å². The minimum Gasteiger partial charge on any atom is -0.319 e. The first-order valence-corrected chi connectivity index (χ1v) is 5.89. The van der Waals surface area contributed by atoms with Crippen molar-refractivity contribution in [2.24, 2.45) is 0 Å². The first-order valence-electron chi connectivity index (χ1n) is 5.44. The van der Waals surface area contributed by atoms with Gasteiger partial charge in [-0.1, -0.05) is 24.3 Å². The first kappa shape index (κ1) is 12.6. The fourth-order valence-corrected chi connectivity index (χ4v) is 1.90. The van der Waals surface area contributed by atoms with Gasteiger partial charge < -0.3 is 5.32 Å². The Morgan fingerprint density at radius 1 is 1.17 bits per heavy atom. The van der Waals surface area contributed by atoms with Gasteiger partial charge in [-0.25, -0.2) is 4.39 Å². The summed E-state index contributed by atoms with van der Waals surface area (Å²) in [5, 5.41) is 2.57. The molecule has 0 aliphatic carbocycles. The van der Waals surface area contributed by atoms with E-state index in [2.05, 4.69) is 17.9 Å². The Morgan fingerprint density at radius 2 is 1.89 bits per heavy atom. The summed E-state index contributed by atoms with van der Waals surface area (Å²) in [6.07, 6.45) is 0. The molecular formula is C14H12FNOS. The molecule has 1 amide bonds. The molecule has 0 radical (unpaired) electrons. The zero-order valence-corrected chi connectivity index (χ0v) is 10.7. The number of carbonyl (C=O) groups excluding carboxylic acids is 1. The number of thiol groups is 1. The maximum Gasteiger partial charge on any atom is 0.256 e. The molecule has 0 heterocycles. The highest BCUT2D eigenvalue weighted by Crippen LogP contribution is 2.21. The quantitative estimate of drug-likeness (QED) is 0.793. The zero-order valence-electron chi connectivity index (χ0n) is 9.77. The maximum atomic E-state index is 13.6. The number of halogens is 1. The SMILES string of the molecule is Cc1cccc(F)c1NC(=O)c1ccccc1S. The van der Waals surface area contributed by atoms with Crippen molar-refractivity contribution >= 4 is 24.2 Å². The summed E-state index contributed by atoms with van der Waals surface area (Å²) in [6.45, 7) is 1.74. The molecule has 0 aliphatic rings. The van der Waals surface area contributed by atoms with Crippen molar-refractivity contribution in [3.05, 3.63) is 59.4 Å². The van der Waals surface area contributed by atoms with Crippen molar-refractivity contribution in [3.63, 3.8) is 0 Å². The Bertz CT molecular complexity index is 578. The average Bonchev–Trinajstić information content (AvgIpc) is 2.34. The van der Waals surface area contributed by atoms with E-state index < -0.39 is 5.82 Å². The Hall–Kier alpha value is -1.81. The van der Waals surface area contributed by atoms with E-state index in [4.69, 9.17) is 0 Å². The van der Waals surface area contributed by atoms with Crippen LogP contribution in [0.4, 0.5) is 10.1 Å². The molecule has 0 bridgehead atoms. The molecule has 0 spiro atoms. The Labute approximate surface area is 110 Å². The van der Waals surface area contributed by atoms with Crippen LogP contribution in [0, 0.1) is 12.7 Å². The predicted octanol–water partition coefficient (Wildman–Crippen LogP) is 3.68. The van der Waals surface area contributed by atoms with E-state index in [1.54, 1.807) is 43.3 Å². The van der Waals surface area contributed by atoms with E-state index >= 15 is 0 Å². The topological polar surface area (TPSA) is 29.1 Å². The summed E-state index contributed by atoms with van der Waals surface area (Å²) in [4.78, 5) is 12.6. The number of nitrogens with one attached hydrogen (secondary N) is 1. The van der Waals surface area contributed by atoms with Crippen molar-refractivity contribution in [3.8, 4) is 0 Å². The molecule has 0 saturated heterocycles. The van der Waals surface area contributed by atoms with Crippen LogP contribution in [0.5, 0.6) is 0 Å². The molecule has 2 nitrogen and oxygen atoms in total. The molecule has 2 rings (SSSR count). The standard InChI is InChI=1S/C14H12FNOS/c1-9-5-4-7-11(15)13(9)16-14(17)10-6-2-3-8-12(10)18/h2-8,18H,1H3,(H,16,17). The average molecular weight is 261 g/mol. The third-order valence-electron chi connectivity index (χ3n) is 2.61. The molecule has 4 heteroatoms. The van der Waals surface area contributed by atoms with Gasteiger partial charge in [-0.3, -0.25) is 4.79 Å². The van der Waals surface area contributed by atoms with Crippen LogP contribution in [0.1, 0.15) is 15.9 Å². The summed E-state index contributed by atoms with van der Waals surface area (Å²) >= 11 is 4.20. The number of hydrogen-bond acceptors (Lipinski definition) is 2. The number of para-hydroxylation sites is 1. The van der Waals surface area contributed by atoms with Gasteiger partial charge in [-0.2, -0.15) is 0 Å². The number of amides is 1. The lowest BCUT2D eigenvalue weighted by Gasteiger charge is -2.10. The molecule has 2 aromatic rings. The van der Waals surface area contributed by atoms with Crippen molar-refractivity contribution in [1.82, 2.24) is 0 Å². The fraction of sp³-hybridized carbons (Fsp3) is 0.0714. The van der Waals surface area contributed by atoms with E-state index in [1.165, 1.54) is 6.07 Å². The molecule has 0 saturated carbocycles. The van der Waals surface area contributed by atoms with E-state index in [0.29, 0.717) is 16.0 Å². The van der Waals surface area contributed by atoms with Crippen LogP contribution < -0.4 is 5.32 Å². The molecule has 0 aliphatic heterocycles. The van der Waals surface area contributed by atoms with Crippen molar-refractivity contribution in [1.29, 1.82) is 0 Å². The van der Waals surface area contributed by atoms with Gasteiger partial charge in [0.05, 0.1) is 11.3 Å². The third-order valence-corrected chi connectivity index (χ3v) is 3.00. The monoisotopic (exact) mass is 261 g/mol. The lowest BCUT2D eigenvalue weighted by Crippen LogP contribution is -2.14. The van der Waals surface area contributed by atoms with Gasteiger partial charge in [-0.15, -0.1) is 12.6 Å². The second-order valence-corrected chi connectivity index (χ2v) is 4.38. The Kier molecular flexibility index (Phi) is 3.67. The molecule has 0 atom stereocenters. The lowest BCUT2D eigenvalue weighted by molar-refractivity contribution is 0.102. The van der Waals surface area contributed by atoms with Gasteiger partial charge in [0.1, 0.15) is 5.82 Å². The minimum atomic E-state index is -0.444. The highest BCUT2D eigenvalue weighted by atomic mass is 32.1. The van der Waals surface area contributed by atoms with Crippen molar-refractivity contribution < 1.29 is 9.18 Å². The van der Waals surface area contributed by atoms with E-state index in [1.807, 2.05) is 0 Å². The van der Waals surface area contributed by atoms with E-state index in [0.717, 1.165) is 0 Å². The summed E-state index contributed by atoms with van der Waals surface area (Å²) in [6, 6.07) is 11.5. The molecule has 0 fully saturated rings. The van der Waals surface area contributed by atoms with Crippen LogP contribution in [0.15, 0.2) is 47.4 Å². The lowest BCUT2D eigenvalue weighted by atomic mass is 10.1. The number of carbonyl (C=O) groups is 1. The highest BCUT2D eigenvalue weighted by molar-refractivity contribution is 7.80. The number of anilines is 1. The number of benzene rings is 2.